The normalized spacial score (nSPS) is 13.3. The quantitative estimate of drug-likeness (QED) is 0.754. The minimum atomic E-state index is 0.427. The highest BCUT2D eigenvalue weighted by Crippen LogP contribution is 2.17. The standard InChI is InChI=1S/C15H29N3/c1-7-15-13(5)17-18(14(15)6)12(4)10-16-9-8-11(2)3/h11-12,16H,7-10H2,1-6H3. The van der Waals surface area contributed by atoms with E-state index in [1.54, 1.807) is 0 Å². The van der Waals surface area contributed by atoms with Crippen LogP contribution in [0.25, 0.3) is 0 Å². The van der Waals surface area contributed by atoms with Crippen molar-refractivity contribution in [3.8, 4) is 0 Å². The van der Waals surface area contributed by atoms with E-state index in [1.807, 2.05) is 0 Å². The lowest BCUT2D eigenvalue weighted by molar-refractivity contribution is 0.431. The molecule has 0 aliphatic heterocycles. The molecule has 1 aromatic rings. The molecule has 3 heteroatoms. The van der Waals surface area contributed by atoms with Crippen LogP contribution in [0.3, 0.4) is 0 Å². The largest absolute Gasteiger partial charge is 0.315 e. The Balaban J connectivity index is 2.54. The smallest absolute Gasteiger partial charge is 0.0628 e. The highest BCUT2D eigenvalue weighted by molar-refractivity contribution is 5.24. The van der Waals surface area contributed by atoms with E-state index in [9.17, 15) is 0 Å². The molecule has 1 heterocycles. The van der Waals surface area contributed by atoms with Crippen LogP contribution in [0, 0.1) is 19.8 Å². The van der Waals surface area contributed by atoms with Gasteiger partial charge in [0.1, 0.15) is 0 Å². The maximum Gasteiger partial charge on any atom is 0.0628 e. The van der Waals surface area contributed by atoms with E-state index in [4.69, 9.17) is 0 Å². The van der Waals surface area contributed by atoms with Gasteiger partial charge in [-0.3, -0.25) is 4.68 Å². The van der Waals surface area contributed by atoms with Crippen LogP contribution in [0.4, 0.5) is 0 Å². The fourth-order valence-electron chi connectivity index (χ4n) is 2.43. The summed E-state index contributed by atoms with van der Waals surface area (Å²) in [5.41, 5.74) is 3.92. The Kier molecular flexibility index (Phi) is 5.86. The third-order valence-corrected chi connectivity index (χ3v) is 3.58. The molecule has 0 radical (unpaired) electrons. The van der Waals surface area contributed by atoms with Gasteiger partial charge in [0.15, 0.2) is 0 Å². The Morgan fingerprint density at radius 1 is 1.22 bits per heavy atom. The van der Waals surface area contributed by atoms with E-state index >= 15 is 0 Å². The van der Waals surface area contributed by atoms with Crippen molar-refractivity contribution >= 4 is 0 Å². The Labute approximate surface area is 112 Å². The average molecular weight is 251 g/mol. The van der Waals surface area contributed by atoms with Crippen LogP contribution in [0.2, 0.25) is 0 Å². The molecule has 0 aromatic carbocycles. The molecule has 0 aliphatic rings. The van der Waals surface area contributed by atoms with Crippen LogP contribution in [0.15, 0.2) is 0 Å². The molecular weight excluding hydrogens is 222 g/mol. The molecule has 0 saturated heterocycles. The number of aryl methyl sites for hydroxylation is 1. The van der Waals surface area contributed by atoms with Crippen molar-refractivity contribution in [2.24, 2.45) is 5.92 Å². The van der Waals surface area contributed by atoms with Gasteiger partial charge in [0.25, 0.3) is 0 Å². The van der Waals surface area contributed by atoms with E-state index in [0.717, 1.165) is 25.4 Å². The van der Waals surface area contributed by atoms with Crippen molar-refractivity contribution in [1.29, 1.82) is 0 Å². The highest BCUT2D eigenvalue weighted by atomic mass is 15.3. The van der Waals surface area contributed by atoms with Gasteiger partial charge < -0.3 is 5.32 Å². The van der Waals surface area contributed by atoms with Gasteiger partial charge in [-0.15, -0.1) is 0 Å². The molecule has 104 valence electrons. The first-order valence-electron chi connectivity index (χ1n) is 7.22. The average Bonchev–Trinajstić information content (AvgIpc) is 2.59. The van der Waals surface area contributed by atoms with E-state index < -0.39 is 0 Å². The monoisotopic (exact) mass is 251 g/mol. The summed E-state index contributed by atoms with van der Waals surface area (Å²) < 4.78 is 2.18. The summed E-state index contributed by atoms with van der Waals surface area (Å²) in [7, 11) is 0. The molecule has 1 atom stereocenters. The summed E-state index contributed by atoms with van der Waals surface area (Å²) in [6.07, 6.45) is 2.31. The zero-order valence-corrected chi connectivity index (χ0v) is 12.9. The second kappa shape index (κ2) is 6.93. The molecule has 0 spiro atoms. The SMILES string of the molecule is CCc1c(C)nn(C(C)CNCCC(C)C)c1C. The summed E-state index contributed by atoms with van der Waals surface area (Å²) in [6.45, 7) is 15.4. The second-order valence-corrected chi connectivity index (χ2v) is 5.68. The predicted octanol–water partition coefficient (Wildman–Crippen LogP) is 3.26. The fraction of sp³-hybridized carbons (Fsp3) is 0.800. The van der Waals surface area contributed by atoms with Crippen LogP contribution in [-0.2, 0) is 6.42 Å². The zero-order valence-electron chi connectivity index (χ0n) is 12.9. The molecule has 0 bridgehead atoms. The van der Waals surface area contributed by atoms with Gasteiger partial charge in [-0.2, -0.15) is 5.10 Å². The number of hydrogen-bond acceptors (Lipinski definition) is 2. The number of hydrogen-bond donors (Lipinski definition) is 1. The molecule has 0 fully saturated rings. The van der Waals surface area contributed by atoms with Crippen LogP contribution in [0.5, 0.6) is 0 Å². The molecule has 0 amide bonds. The third kappa shape index (κ3) is 3.84. The summed E-state index contributed by atoms with van der Waals surface area (Å²) in [5.74, 6) is 0.771. The van der Waals surface area contributed by atoms with Gasteiger partial charge in [0, 0.05) is 12.2 Å². The highest BCUT2D eigenvalue weighted by Gasteiger charge is 2.13. The van der Waals surface area contributed by atoms with Gasteiger partial charge in [-0.25, -0.2) is 0 Å². The lowest BCUT2D eigenvalue weighted by Gasteiger charge is -2.16. The summed E-state index contributed by atoms with van der Waals surface area (Å²) in [4.78, 5) is 0. The number of nitrogens with one attached hydrogen (secondary N) is 1. The van der Waals surface area contributed by atoms with Gasteiger partial charge in [0.2, 0.25) is 0 Å². The second-order valence-electron chi connectivity index (χ2n) is 5.68. The topological polar surface area (TPSA) is 29.9 Å². The first kappa shape index (κ1) is 15.2. The molecule has 0 saturated carbocycles. The maximum atomic E-state index is 4.67. The molecule has 18 heavy (non-hydrogen) atoms. The Morgan fingerprint density at radius 3 is 2.39 bits per heavy atom. The van der Waals surface area contributed by atoms with Crippen molar-refractivity contribution in [3.05, 3.63) is 17.0 Å². The van der Waals surface area contributed by atoms with Crippen molar-refractivity contribution in [2.45, 2.75) is 60.4 Å². The molecule has 0 aliphatic carbocycles. The van der Waals surface area contributed by atoms with Gasteiger partial charge in [-0.1, -0.05) is 20.8 Å². The van der Waals surface area contributed by atoms with Gasteiger partial charge in [0.05, 0.1) is 11.7 Å². The van der Waals surface area contributed by atoms with E-state index in [2.05, 4.69) is 56.6 Å². The van der Waals surface area contributed by atoms with E-state index in [1.165, 1.54) is 23.4 Å². The van der Waals surface area contributed by atoms with Crippen molar-refractivity contribution in [2.75, 3.05) is 13.1 Å². The first-order valence-corrected chi connectivity index (χ1v) is 7.22. The van der Waals surface area contributed by atoms with Crippen LogP contribution >= 0.6 is 0 Å². The zero-order chi connectivity index (χ0) is 13.7. The van der Waals surface area contributed by atoms with Crippen LogP contribution in [-0.4, -0.2) is 22.9 Å². The maximum absolute atomic E-state index is 4.67. The molecule has 1 unspecified atom stereocenters. The molecule has 1 aromatic heterocycles. The van der Waals surface area contributed by atoms with Gasteiger partial charge >= 0.3 is 0 Å². The number of aromatic nitrogens is 2. The summed E-state index contributed by atoms with van der Waals surface area (Å²) in [5, 5.41) is 8.20. The number of rotatable bonds is 7. The van der Waals surface area contributed by atoms with E-state index in [-0.39, 0.29) is 0 Å². The minimum absolute atomic E-state index is 0.427. The minimum Gasteiger partial charge on any atom is -0.315 e. The van der Waals surface area contributed by atoms with Crippen LogP contribution < -0.4 is 5.32 Å². The molecular formula is C15H29N3. The third-order valence-electron chi connectivity index (χ3n) is 3.58. The Morgan fingerprint density at radius 2 is 1.89 bits per heavy atom. The van der Waals surface area contributed by atoms with Crippen molar-refractivity contribution in [1.82, 2.24) is 15.1 Å². The first-order chi connectivity index (χ1) is 8.47. The van der Waals surface area contributed by atoms with Crippen LogP contribution in [0.1, 0.15) is 57.1 Å². The molecule has 3 nitrogen and oxygen atoms in total. The Hall–Kier alpha value is -0.830. The van der Waals surface area contributed by atoms with Gasteiger partial charge in [-0.05, 0) is 51.6 Å². The molecule has 1 N–H and O–H groups in total. The Bertz CT molecular complexity index is 366. The predicted molar refractivity (Wildman–Crippen MR) is 78.1 cm³/mol. The summed E-state index contributed by atoms with van der Waals surface area (Å²) in [6, 6.07) is 0.427. The lowest BCUT2D eigenvalue weighted by Crippen LogP contribution is -2.26. The fourth-order valence-corrected chi connectivity index (χ4v) is 2.43. The number of nitrogens with zero attached hydrogens (tertiary/aromatic N) is 2. The van der Waals surface area contributed by atoms with E-state index in [0.29, 0.717) is 6.04 Å². The van der Waals surface area contributed by atoms with Crippen molar-refractivity contribution < 1.29 is 0 Å². The summed E-state index contributed by atoms with van der Waals surface area (Å²) >= 11 is 0. The van der Waals surface area contributed by atoms with Crippen molar-refractivity contribution in [3.63, 3.8) is 0 Å². The lowest BCUT2D eigenvalue weighted by atomic mass is 10.1. The molecule has 1 rings (SSSR count).